The number of para-hydroxylation sites is 1. The SMILES string of the molecule is c1ccc(-c2ccc(-c3cccc4oc5ccc(C6=NC(c7ccc8c(c7)oc7ccccc78)=NC(c7ccccc7)N6)cc5c34)cc2)cc1. The van der Waals surface area contributed by atoms with E-state index in [2.05, 4.69) is 108 Å². The molecule has 0 radical (unpaired) electrons. The van der Waals surface area contributed by atoms with Gasteiger partial charge >= 0.3 is 0 Å². The molecule has 0 aliphatic carbocycles. The number of nitrogens with zero attached hydrogens (tertiary/aromatic N) is 2. The van der Waals surface area contributed by atoms with E-state index in [9.17, 15) is 0 Å². The predicted octanol–water partition coefficient (Wildman–Crippen LogP) is 11.3. The fourth-order valence-corrected chi connectivity index (χ4v) is 7.08. The zero-order chi connectivity index (χ0) is 33.0. The third kappa shape index (κ3) is 4.79. The van der Waals surface area contributed by atoms with Crippen molar-refractivity contribution >= 4 is 55.5 Å². The van der Waals surface area contributed by atoms with Crippen LogP contribution >= 0.6 is 0 Å². The Morgan fingerprint density at radius 3 is 1.94 bits per heavy atom. The van der Waals surface area contributed by atoms with Crippen molar-refractivity contribution in [2.45, 2.75) is 6.17 Å². The van der Waals surface area contributed by atoms with Gasteiger partial charge in [-0.25, -0.2) is 9.98 Å². The summed E-state index contributed by atoms with van der Waals surface area (Å²) in [6, 6.07) is 56.4. The van der Waals surface area contributed by atoms with Crippen LogP contribution in [0.1, 0.15) is 22.9 Å². The largest absolute Gasteiger partial charge is 0.456 e. The van der Waals surface area contributed by atoms with Gasteiger partial charge in [0, 0.05) is 32.7 Å². The molecule has 0 saturated carbocycles. The van der Waals surface area contributed by atoms with Gasteiger partial charge in [-0.1, -0.05) is 121 Å². The number of rotatable bonds is 5. The summed E-state index contributed by atoms with van der Waals surface area (Å²) < 4.78 is 12.6. The van der Waals surface area contributed by atoms with Gasteiger partial charge < -0.3 is 14.2 Å². The molecule has 0 bridgehead atoms. The summed E-state index contributed by atoms with van der Waals surface area (Å²) >= 11 is 0. The number of furan rings is 2. The van der Waals surface area contributed by atoms with Crippen molar-refractivity contribution in [2.24, 2.45) is 9.98 Å². The first-order valence-corrected chi connectivity index (χ1v) is 16.8. The Hall–Kier alpha value is -6.72. The van der Waals surface area contributed by atoms with Gasteiger partial charge in [0.1, 0.15) is 34.3 Å². The smallest absolute Gasteiger partial charge is 0.159 e. The molecule has 1 atom stereocenters. The molecule has 10 rings (SSSR count). The molecular formula is C45H29N3O2. The lowest BCUT2D eigenvalue weighted by molar-refractivity contribution is 0.667. The normalized spacial score (nSPS) is 14.6. The maximum atomic E-state index is 6.40. The van der Waals surface area contributed by atoms with E-state index in [-0.39, 0.29) is 6.17 Å². The van der Waals surface area contributed by atoms with Crippen LogP contribution in [0.2, 0.25) is 0 Å². The summed E-state index contributed by atoms with van der Waals surface area (Å²) in [5, 5.41) is 7.91. The summed E-state index contributed by atoms with van der Waals surface area (Å²) in [6.45, 7) is 0. The maximum Gasteiger partial charge on any atom is 0.159 e. The minimum atomic E-state index is -0.319. The van der Waals surface area contributed by atoms with Gasteiger partial charge in [0.05, 0.1) is 0 Å². The Labute approximate surface area is 287 Å². The average Bonchev–Trinajstić information content (AvgIpc) is 3.76. The van der Waals surface area contributed by atoms with Crippen LogP contribution < -0.4 is 5.32 Å². The Bertz CT molecular complexity index is 2770. The quantitative estimate of drug-likeness (QED) is 0.203. The standard InChI is InChI=1S/C45H29N3O2/c1-3-10-28(11-4-1)29-18-20-30(21-19-29)34-15-9-17-40-42(34)37-26-32(23-25-39(37)49-40)44-46-43(31-12-5-2-6-13-31)47-45(48-44)33-22-24-36-35-14-7-8-16-38(35)50-41(36)27-33/h1-27,43H,(H,46,47,48). The lowest BCUT2D eigenvalue weighted by Crippen LogP contribution is -2.33. The number of fused-ring (bicyclic) bond motifs is 6. The average molecular weight is 644 g/mol. The Morgan fingerprint density at radius 1 is 0.440 bits per heavy atom. The zero-order valence-electron chi connectivity index (χ0n) is 26.9. The molecule has 2 aromatic heterocycles. The Morgan fingerprint density at radius 2 is 1.08 bits per heavy atom. The maximum absolute atomic E-state index is 6.40. The van der Waals surface area contributed by atoms with E-state index >= 15 is 0 Å². The van der Waals surface area contributed by atoms with Crippen LogP contribution in [-0.2, 0) is 0 Å². The first-order valence-electron chi connectivity index (χ1n) is 16.8. The molecule has 50 heavy (non-hydrogen) atoms. The lowest BCUT2D eigenvalue weighted by Gasteiger charge is -2.23. The molecule has 5 heteroatoms. The van der Waals surface area contributed by atoms with E-state index in [1.807, 2.05) is 60.7 Å². The molecule has 3 heterocycles. The predicted molar refractivity (Wildman–Crippen MR) is 204 cm³/mol. The number of aliphatic imine (C=N–C) groups is 2. The number of hydrogen-bond acceptors (Lipinski definition) is 5. The van der Waals surface area contributed by atoms with E-state index in [1.54, 1.807) is 0 Å². The highest BCUT2D eigenvalue weighted by Gasteiger charge is 2.23. The summed E-state index contributed by atoms with van der Waals surface area (Å²) in [7, 11) is 0. The van der Waals surface area contributed by atoms with E-state index in [0.717, 1.165) is 77.5 Å². The van der Waals surface area contributed by atoms with E-state index in [0.29, 0.717) is 5.84 Å². The third-order valence-corrected chi connectivity index (χ3v) is 9.57. The Balaban J connectivity index is 1.09. The van der Waals surface area contributed by atoms with Gasteiger partial charge in [0.25, 0.3) is 0 Å². The van der Waals surface area contributed by atoms with Crippen molar-refractivity contribution < 1.29 is 8.83 Å². The number of nitrogens with one attached hydrogen (secondary N) is 1. The van der Waals surface area contributed by atoms with Crippen LogP contribution in [0.15, 0.2) is 183 Å². The highest BCUT2D eigenvalue weighted by Crippen LogP contribution is 2.38. The monoisotopic (exact) mass is 643 g/mol. The first kappa shape index (κ1) is 28.3. The highest BCUT2D eigenvalue weighted by atomic mass is 16.3. The summed E-state index contributed by atoms with van der Waals surface area (Å²) in [4.78, 5) is 10.2. The third-order valence-electron chi connectivity index (χ3n) is 9.57. The van der Waals surface area contributed by atoms with E-state index < -0.39 is 0 Å². The molecule has 5 nitrogen and oxygen atoms in total. The minimum absolute atomic E-state index is 0.319. The second-order valence-electron chi connectivity index (χ2n) is 12.6. The topological polar surface area (TPSA) is 63.0 Å². The molecule has 0 amide bonds. The molecule has 1 unspecified atom stereocenters. The molecule has 9 aromatic rings. The van der Waals surface area contributed by atoms with Gasteiger partial charge in [0.15, 0.2) is 5.84 Å². The van der Waals surface area contributed by atoms with Crippen LogP contribution in [0.3, 0.4) is 0 Å². The van der Waals surface area contributed by atoms with Crippen molar-refractivity contribution in [3.8, 4) is 22.3 Å². The minimum Gasteiger partial charge on any atom is -0.456 e. The molecular weight excluding hydrogens is 615 g/mol. The second-order valence-corrected chi connectivity index (χ2v) is 12.6. The van der Waals surface area contributed by atoms with Gasteiger partial charge in [-0.2, -0.15) is 0 Å². The van der Waals surface area contributed by atoms with Crippen molar-refractivity contribution in [1.82, 2.24) is 5.32 Å². The second kappa shape index (κ2) is 11.5. The van der Waals surface area contributed by atoms with Gasteiger partial charge in [-0.15, -0.1) is 0 Å². The first-order chi connectivity index (χ1) is 24.7. The molecule has 1 aliphatic rings. The number of amidine groups is 2. The molecule has 7 aromatic carbocycles. The molecule has 1 N–H and O–H groups in total. The van der Waals surface area contributed by atoms with Crippen molar-refractivity contribution in [3.63, 3.8) is 0 Å². The van der Waals surface area contributed by atoms with Crippen molar-refractivity contribution in [2.75, 3.05) is 0 Å². The van der Waals surface area contributed by atoms with Crippen LogP contribution in [0.25, 0.3) is 66.1 Å². The summed E-state index contributed by atoms with van der Waals surface area (Å²) in [5.74, 6) is 1.39. The van der Waals surface area contributed by atoms with Gasteiger partial charge in [0.2, 0.25) is 0 Å². The molecule has 0 fully saturated rings. The van der Waals surface area contributed by atoms with Crippen LogP contribution in [0, 0.1) is 0 Å². The molecule has 1 aliphatic heterocycles. The van der Waals surface area contributed by atoms with Gasteiger partial charge in [-0.05, 0) is 70.3 Å². The number of benzene rings is 7. The van der Waals surface area contributed by atoms with Gasteiger partial charge in [-0.3, -0.25) is 0 Å². The molecule has 0 spiro atoms. The molecule has 236 valence electrons. The van der Waals surface area contributed by atoms with Crippen LogP contribution in [-0.4, -0.2) is 11.7 Å². The van der Waals surface area contributed by atoms with E-state index in [1.165, 1.54) is 11.1 Å². The Kier molecular flexibility index (Phi) is 6.49. The van der Waals surface area contributed by atoms with Crippen molar-refractivity contribution in [3.05, 3.63) is 180 Å². The van der Waals surface area contributed by atoms with Crippen molar-refractivity contribution in [1.29, 1.82) is 0 Å². The highest BCUT2D eigenvalue weighted by molar-refractivity contribution is 6.18. The van der Waals surface area contributed by atoms with E-state index in [4.69, 9.17) is 18.8 Å². The zero-order valence-corrected chi connectivity index (χ0v) is 26.9. The number of hydrogen-bond donors (Lipinski definition) is 1. The fourth-order valence-electron chi connectivity index (χ4n) is 7.08. The fraction of sp³-hybridized carbons (Fsp3) is 0.0222. The summed E-state index contributed by atoms with van der Waals surface area (Å²) in [6.07, 6.45) is -0.319. The van der Waals surface area contributed by atoms with Crippen LogP contribution in [0.5, 0.6) is 0 Å². The summed E-state index contributed by atoms with van der Waals surface area (Å²) in [5.41, 5.74) is 10.9. The molecule has 0 saturated heterocycles. The lowest BCUT2D eigenvalue weighted by atomic mass is 9.96. The van der Waals surface area contributed by atoms with Crippen LogP contribution in [0.4, 0.5) is 0 Å².